The number of carbonyl (C=O) groups is 2. The second kappa shape index (κ2) is 17.3. The number of piperidine rings is 1. The average molecular weight is 703 g/mol. The number of hydrogen-bond acceptors (Lipinski definition) is 8. The zero-order chi connectivity index (χ0) is 35.6. The third kappa shape index (κ3) is 9.28. The molecule has 1 fully saturated rings. The molecule has 2 amide bonds. The maximum absolute atomic E-state index is 15.0. The summed E-state index contributed by atoms with van der Waals surface area (Å²) in [6.45, 7) is 12.3. The minimum absolute atomic E-state index is 0.0389. The fourth-order valence-corrected chi connectivity index (χ4v) is 6.06. The Morgan fingerprint density at radius 3 is 2.38 bits per heavy atom. The maximum atomic E-state index is 15.0. The van der Waals surface area contributed by atoms with Crippen molar-refractivity contribution in [2.45, 2.75) is 53.4 Å². The van der Waals surface area contributed by atoms with Crippen LogP contribution in [-0.4, -0.2) is 70.9 Å². The number of nitrogens with one attached hydrogen (secondary N) is 2. The van der Waals surface area contributed by atoms with Gasteiger partial charge < -0.3 is 29.9 Å². The van der Waals surface area contributed by atoms with E-state index in [2.05, 4.69) is 25.5 Å². The highest BCUT2D eigenvalue weighted by atomic mass is 35.5. The molecule has 2 heterocycles. The summed E-state index contributed by atoms with van der Waals surface area (Å²) in [6.07, 6.45) is 5.89. The highest BCUT2D eigenvalue weighted by Gasteiger charge is 2.21. The van der Waals surface area contributed by atoms with Gasteiger partial charge in [0.1, 0.15) is 11.3 Å². The number of carbonyl (C=O) groups excluding carboxylic acids is 2. The lowest BCUT2D eigenvalue weighted by molar-refractivity contribution is 0.0772. The van der Waals surface area contributed by atoms with E-state index >= 15 is 4.39 Å². The van der Waals surface area contributed by atoms with Crippen LogP contribution in [0.1, 0.15) is 71.4 Å². The van der Waals surface area contributed by atoms with Gasteiger partial charge in [0, 0.05) is 48.8 Å². The van der Waals surface area contributed by atoms with Crippen molar-refractivity contribution in [3.8, 4) is 17.4 Å². The Hall–Kier alpha value is -4.74. The lowest BCUT2D eigenvalue weighted by atomic mass is 10.1. The normalized spacial score (nSPS) is 13.1. The zero-order valence-electron chi connectivity index (χ0n) is 29.0. The third-order valence-corrected chi connectivity index (χ3v) is 8.96. The first-order chi connectivity index (χ1) is 24.2. The van der Waals surface area contributed by atoms with E-state index < -0.39 is 11.7 Å². The summed E-state index contributed by atoms with van der Waals surface area (Å²) in [7, 11) is 0. The van der Waals surface area contributed by atoms with Crippen LogP contribution in [0.25, 0.3) is 0 Å². The summed E-state index contributed by atoms with van der Waals surface area (Å²) in [5.74, 6) is -0.877. The quantitative estimate of drug-likeness (QED) is 0.126. The average Bonchev–Trinajstić information content (AvgIpc) is 3.11. The lowest BCUT2D eigenvalue weighted by Crippen LogP contribution is -2.31. The number of aromatic nitrogens is 2. The van der Waals surface area contributed by atoms with Gasteiger partial charge in [-0.25, -0.2) is 9.37 Å². The fourth-order valence-electron chi connectivity index (χ4n) is 5.84. The molecule has 10 nitrogen and oxygen atoms in total. The second-order valence-corrected chi connectivity index (χ2v) is 12.6. The number of rotatable bonds is 14. The van der Waals surface area contributed by atoms with E-state index in [1.54, 1.807) is 29.2 Å². The molecule has 0 radical (unpaired) electrons. The molecule has 1 saturated heterocycles. The van der Waals surface area contributed by atoms with Gasteiger partial charge in [-0.05, 0) is 102 Å². The molecule has 0 atom stereocenters. The van der Waals surface area contributed by atoms with E-state index in [4.69, 9.17) is 21.1 Å². The minimum atomic E-state index is -0.528. The van der Waals surface area contributed by atoms with Gasteiger partial charge in [-0.3, -0.25) is 9.59 Å². The van der Waals surface area contributed by atoms with Crippen LogP contribution in [0.3, 0.4) is 0 Å². The van der Waals surface area contributed by atoms with Crippen LogP contribution in [0, 0.1) is 19.7 Å². The lowest BCUT2D eigenvalue weighted by Gasteiger charge is -2.26. The SMILES string of the molecule is CCN(CC)C(=O)c1ccc(Oc2nc(Nc3ccc(OCCCN4CCCCC4)c(F)c3)ncc2C(=O)Nc2c(C)cccc2C)c(Cl)c1. The largest absolute Gasteiger partial charge is 0.490 e. The van der Waals surface area contributed by atoms with Crippen LogP contribution >= 0.6 is 11.6 Å². The molecular weight excluding hydrogens is 659 g/mol. The molecule has 0 bridgehead atoms. The van der Waals surface area contributed by atoms with Gasteiger partial charge in [-0.1, -0.05) is 36.2 Å². The highest BCUT2D eigenvalue weighted by molar-refractivity contribution is 6.32. The van der Waals surface area contributed by atoms with Gasteiger partial charge in [0.15, 0.2) is 11.6 Å². The van der Waals surface area contributed by atoms with Crippen LogP contribution in [0.2, 0.25) is 5.02 Å². The Balaban J connectivity index is 1.35. The number of amides is 2. The monoisotopic (exact) mass is 702 g/mol. The molecule has 12 heteroatoms. The van der Waals surface area contributed by atoms with Crippen molar-refractivity contribution in [2.75, 3.05) is 50.0 Å². The van der Waals surface area contributed by atoms with E-state index in [-0.39, 0.29) is 39.8 Å². The van der Waals surface area contributed by atoms with Crippen molar-refractivity contribution in [3.05, 3.63) is 93.9 Å². The number of halogens is 2. The number of hydrogen-bond donors (Lipinski definition) is 2. The number of ether oxygens (including phenoxy) is 2. The number of nitrogens with zero attached hydrogens (tertiary/aromatic N) is 4. The molecule has 1 aromatic heterocycles. The third-order valence-electron chi connectivity index (χ3n) is 8.67. The van der Waals surface area contributed by atoms with Crippen molar-refractivity contribution < 1.29 is 23.5 Å². The fraction of sp³-hybridized carbons (Fsp3) is 0.368. The second-order valence-electron chi connectivity index (χ2n) is 12.2. The highest BCUT2D eigenvalue weighted by Crippen LogP contribution is 2.33. The molecular formula is C38H44ClFN6O4. The molecule has 1 aliphatic rings. The summed E-state index contributed by atoms with van der Waals surface area (Å²) in [4.78, 5) is 39.4. The van der Waals surface area contributed by atoms with E-state index in [0.29, 0.717) is 36.6 Å². The maximum Gasteiger partial charge on any atom is 0.262 e. The molecule has 0 saturated carbocycles. The van der Waals surface area contributed by atoms with Gasteiger partial charge in [0.25, 0.3) is 11.8 Å². The first kappa shape index (κ1) is 36.5. The zero-order valence-corrected chi connectivity index (χ0v) is 29.8. The summed E-state index contributed by atoms with van der Waals surface area (Å²) in [6, 6.07) is 14.9. The molecule has 2 N–H and O–H groups in total. The molecule has 4 aromatic rings. The molecule has 264 valence electrons. The Morgan fingerprint density at radius 2 is 1.70 bits per heavy atom. The molecule has 1 aliphatic heterocycles. The van der Waals surface area contributed by atoms with Gasteiger partial charge in [0.2, 0.25) is 11.8 Å². The van der Waals surface area contributed by atoms with Crippen LogP contribution in [0.15, 0.2) is 60.8 Å². The molecule has 50 heavy (non-hydrogen) atoms. The van der Waals surface area contributed by atoms with E-state index in [0.717, 1.165) is 37.2 Å². The van der Waals surface area contributed by atoms with Gasteiger partial charge in [0.05, 0.1) is 11.6 Å². The summed E-state index contributed by atoms with van der Waals surface area (Å²) < 4.78 is 26.9. The van der Waals surface area contributed by atoms with Crippen molar-refractivity contribution in [2.24, 2.45) is 0 Å². The molecule has 0 aliphatic carbocycles. The molecule has 5 rings (SSSR count). The predicted molar refractivity (Wildman–Crippen MR) is 195 cm³/mol. The number of likely N-dealkylation sites (tertiary alicyclic amines) is 1. The first-order valence-electron chi connectivity index (χ1n) is 17.1. The number of para-hydroxylation sites is 1. The Labute approximate surface area is 298 Å². The van der Waals surface area contributed by atoms with Crippen molar-refractivity contribution in [3.63, 3.8) is 0 Å². The van der Waals surface area contributed by atoms with Crippen LogP contribution in [-0.2, 0) is 0 Å². The van der Waals surface area contributed by atoms with E-state index in [9.17, 15) is 9.59 Å². The number of aryl methyl sites for hydroxylation is 2. The Morgan fingerprint density at radius 1 is 0.980 bits per heavy atom. The predicted octanol–water partition coefficient (Wildman–Crippen LogP) is 8.41. The molecule has 0 spiro atoms. The van der Waals surface area contributed by atoms with Crippen molar-refractivity contribution in [1.29, 1.82) is 0 Å². The van der Waals surface area contributed by atoms with E-state index in [1.807, 2.05) is 45.9 Å². The van der Waals surface area contributed by atoms with E-state index in [1.165, 1.54) is 37.6 Å². The topological polar surface area (TPSA) is 109 Å². The molecule has 0 unspecified atom stereocenters. The Bertz CT molecular complexity index is 1790. The molecule has 3 aromatic carbocycles. The standard InChI is InChI=1S/C38H44ClFN6O4/c1-5-46(6-2)37(48)27-14-16-32(30(39)22-27)50-36-29(35(47)43-34-25(3)12-10-13-26(34)4)24-41-38(44-36)42-28-15-17-33(31(40)23-28)49-21-11-20-45-18-8-7-9-19-45/h10,12-17,22-24H,5-9,11,18-21H2,1-4H3,(H,43,47)(H,41,42,44). The van der Waals surface area contributed by atoms with Crippen molar-refractivity contribution in [1.82, 2.24) is 19.8 Å². The minimum Gasteiger partial charge on any atom is -0.490 e. The summed E-state index contributed by atoms with van der Waals surface area (Å²) in [5, 5.41) is 6.08. The van der Waals surface area contributed by atoms with Gasteiger partial charge >= 0.3 is 0 Å². The Kier molecular flexibility index (Phi) is 12.6. The van der Waals surface area contributed by atoms with Gasteiger partial charge in [-0.15, -0.1) is 0 Å². The summed E-state index contributed by atoms with van der Waals surface area (Å²) >= 11 is 6.59. The van der Waals surface area contributed by atoms with Crippen LogP contribution in [0.4, 0.5) is 21.7 Å². The van der Waals surface area contributed by atoms with Crippen LogP contribution < -0.4 is 20.1 Å². The first-order valence-corrected chi connectivity index (χ1v) is 17.5. The summed E-state index contributed by atoms with van der Waals surface area (Å²) in [5.41, 5.74) is 3.24. The van der Waals surface area contributed by atoms with Gasteiger partial charge in [-0.2, -0.15) is 4.98 Å². The number of benzene rings is 3. The smallest absolute Gasteiger partial charge is 0.262 e. The number of anilines is 3. The van der Waals surface area contributed by atoms with Crippen molar-refractivity contribution >= 4 is 40.7 Å². The van der Waals surface area contributed by atoms with Crippen LogP contribution in [0.5, 0.6) is 17.4 Å².